The van der Waals surface area contributed by atoms with E-state index in [0.29, 0.717) is 30.4 Å². The number of nitrogens with zero attached hydrogens (tertiary/aromatic N) is 2. The third-order valence-electron chi connectivity index (χ3n) is 4.87. The highest BCUT2D eigenvalue weighted by Crippen LogP contribution is 2.23. The number of benzene rings is 3. The number of carbonyl (C=O) groups excluding carboxylic acids is 1. The predicted molar refractivity (Wildman–Crippen MR) is 119 cm³/mol. The van der Waals surface area contributed by atoms with Gasteiger partial charge in [0.15, 0.2) is 0 Å². The Morgan fingerprint density at radius 1 is 0.903 bits per heavy atom. The molecular weight excluding hydrogens is 394 g/mol. The number of amides is 1. The summed E-state index contributed by atoms with van der Waals surface area (Å²) in [5.74, 6) is 2.19. The highest BCUT2D eigenvalue weighted by Gasteiger charge is 2.17. The predicted octanol–water partition coefficient (Wildman–Crippen LogP) is 4.38. The van der Waals surface area contributed by atoms with Gasteiger partial charge in [0.25, 0.3) is 5.91 Å². The minimum absolute atomic E-state index is 0.287. The Morgan fingerprint density at radius 2 is 1.61 bits per heavy atom. The molecule has 0 fully saturated rings. The third-order valence-corrected chi connectivity index (χ3v) is 4.87. The van der Waals surface area contributed by atoms with Gasteiger partial charge in [0.2, 0.25) is 5.95 Å². The molecule has 1 N–H and O–H groups in total. The number of para-hydroxylation sites is 3. The van der Waals surface area contributed by atoms with Crippen LogP contribution in [0.25, 0.3) is 11.0 Å². The zero-order chi connectivity index (χ0) is 21.6. The maximum absolute atomic E-state index is 12.9. The third kappa shape index (κ3) is 4.45. The van der Waals surface area contributed by atoms with E-state index in [1.165, 1.54) is 7.11 Å². The van der Waals surface area contributed by atoms with Crippen molar-refractivity contribution in [1.82, 2.24) is 9.55 Å². The Labute approximate surface area is 180 Å². The molecule has 0 saturated heterocycles. The summed E-state index contributed by atoms with van der Waals surface area (Å²) in [4.78, 5) is 17.5. The van der Waals surface area contributed by atoms with Crippen LogP contribution in [-0.4, -0.2) is 36.3 Å². The number of aromatic nitrogens is 2. The number of fused-ring (bicyclic) bond motifs is 1. The quantitative estimate of drug-likeness (QED) is 0.460. The van der Waals surface area contributed by atoms with E-state index in [1.54, 1.807) is 25.3 Å². The van der Waals surface area contributed by atoms with Gasteiger partial charge >= 0.3 is 0 Å². The van der Waals surface area contributed by atoms with Crippen LogP contribution in [0.2, 0.25) is 0 Å². The lowest BCUT2D eigenvalue weighted by atomic mass is 10.2. The fourth-order valence-corrected chi connectivity index (χ4v) is 3.33. The molecule has 0 aliphatic rings. The summed E-state index contributed by atoms with van der Waals surface area (Å²) >= 11 is 0. The molecule has 0 aliphatic carbocycles. The molecule has 158 valence electrons. The lowest BCUT2D eigenvalue weighted by Crippen LogP contribution is -2.18. The van der Waals surface area contributed by atoms with Crippen molar-refractivity contribution in [2.45, 2.75) is 6.54 Å². The molecule has 1 aromatic heterocycles. The first kappa shape index (κ1) is 20.3. The van der Waals surface area contributed by atoms with E-state index in [-0.39, 0.29) is 5.91 Å². The largest absolute Gasteiger partial charge is 0.497 e. The number of methoxy groups -OCH3 is 2. The summed E-state index contributed by atoms with van der Waals surface area (Å²) in [6.07, 6.45) is 0. The van der Waals surface area contributed by atoms with Crippen molar-refractivity contribution in [1.29, 1.82) is 0 Å². The summed E-state index contributed by atoms with van der Waals surface area (Å²) in [5.41, 5.74) is 2.15. The van der Waals surface area contributed by atoms with Gasteiger partial charge in [0, 0.05) is 0 Å². The zero-order valence-corrected chi connectivity index (χ0v) is 17.4. The van der Waals surface area contributed by atoms with E-state index < -0.39 is 0 Å². The van der Waals surface area contributed by atoms with Gasteiger partial charge in [-0.3, -0.25) is 10.1 Å². The smallest absolute Gasteiger partial charge is 0.261 e. The first-order chi connectivity index (χ1) is 15.2. The number of anilines is 1. The normalized spacial score (nSPS) is 10.6. The van der Waals surface area contributed by atoms with Crippen LogP contribution in [0.1, 0.15) is 10.4 Å². The van der Waals surface area contributed by atoms with Gasteiger partial charge in [-0.2, -0.15) is 0 Å². The van der Waals surface area contributed by atoms with E-state index in [9.17, 15) is 4.79 Å². The second-order valence-electron chi connectivity index (χ2n) is 6.75. The van der Waals surface area contributed by atoms with Crippen LogP contribution in [0.15, 0.2) is 72.8 Å². The molecule has 4 aromatic rings. The molecule has 0 spiro atoms. The van der Waals surface area contributed by atoms with E-state index in [2.05, 4.69) is 10.3 Å². The van der Waals surface area contributed by atoms with Crippen molar-refractivity contribution >= 4 is 22.9 Å². The molecule has 0 saturated carbocycles. The summed E-state index contributed by atoms with van der Waals surface area (Å²) in [6.45, 7) is 0.915. The molecule has 1 heterocycles. The first-order valence-corrected chi connectivity index (χ1v) is 9.86. The average molecular weight is 417 g/mol. The van der Waals surface area contributed by atoms with Gasteiger partial charge in [-0.1, -0.05) is 24.3 Å². The van der Waals surface area contributed by atoms with E-state index in [1.807, 2.05) is 59.2 Å². The minimum atomic E-state index is -0.287. The zero-order valence-electron chi connectivity index (χ0n) is 17.4. The number of nitrogens with one attached hydrogen (secondary N) is 1. The molecule has 0 unspecified atom stereocenters. The standard InChI is InChI=1S/C24H23N3O4/c1-29-17-11-13-18(14-12-17)31-16-15-27-21-9-5-4-8-20(21)25-24(27)26-23(28)19-7-3-6-10-22(19)30-2/h3-14H,15-16H2,1-2H3,(H,25,26,28). The second-order valence-corrected chi connectivity index (χ2v) is 6.75. The number of ether oxygens (including phenoxy) is 3. The molecule has 0 bridgehead atoms. The Kier molecular flexibility index (Phi) is 6.03. The SMILES string of the molecule is COc1ccc(OCCn2c(NC(=O)c3ccccc3OC)nc3ccccc32)cc1. The lowest BCUT2D eigenvalue weighted by Gasteiger charge is -2.12. The molecule has 4 rings (SSSR count). The fraction of sp³-hybridized carbons (Fsp3) is 0.167. The van der Waals surface area contributed by atoms with Crippen LogP contribution in [-0.2, 0) is 6.54 Å². The summed E-state index contributed by atoms with van der Waals surface area (Å²) in [5, 5.41) is 2.92. The van der Waals surface area contributed by atoms with Crippen molar-refractivity contribution in [3.63, 3.8) is 0 Å². The summed E-state index contributed by atoms with van der Waals surface area (Å²) in [7, 11) is 3.17. The number of rotatable bonds is 8. The average Bonchev–Trinajstić information content (AvgIpc) is 3.16. The Bertz CT molecular complexity index is 1190. The van der Waals surface area contributed by atoms with Gasteiger partial charge < -0.3 is 18.8 Å². The van der Waals surface area contributed by atoms with E-state index in [0.717, 1.165) is 22.5 Å². The van der Waals surface area contributed by atoms with Crippen molar-refractivity contribution in [3.05, 3.63) is 78.4 Å². The molecule has 7 nitrogen and oxygen atoms in total. The number of imidazole rings is 1. The highest BCUT2D eigenvalue weighted by molar-refractivity contribution is 6.06. The van der Waals surface area contributed by atoms with Gasteiger partial charge in [-0.25, -0.2) is 4.98 Å². The van der Waals surface area contributed by atoms with Crippen LogP contribution in [0.4, 0.5) is 5.95 Å². The van der Waals surface area contributed by atoms with Crippen LogP contribution < -0.4 is 19.5 Å². The van der Waals surface area contributed by atoms with Crippen molar-refractivity contribution in [2.24, 2.45) is 0 Å². The molecule has 0 aliphatic heterocycles. The Morgan fingerprint density at radius 3 is 2.39 bits per heavy atom. The van der Waals surface area contributed by atoms with Gasteiger partial charge in [0.05, 0.1) is 37.4 Å². The molecular formula is C24H23N3O4. The van der Waals surface area contributed by atoms with Crippen molar-refractivity contribution < 1.29 is 19.0 Å². The molecule has 7 heteroatoms. The maximum atomic E-state index is 12.9. The lowest BCUT2D eigenvalue weighted by molar-refractivity contribution is 0.102. The van der Waals surface area contributed by atoms with E-state index in [4.69, 9.17) is 14.2 Å². The van der Waals surface area contributed by atoms with Crippen molar-refractivity contribution in [2.75, 3.05) is 26.1 Å². The van der Waals surface area contributed by atoms with Gasteiger partial charge in [0.1, 0.15) is 23.9 Å². The van der Waals surface area contributed by atoms with Crippen LogP contribution in [0.3, 0.4) is 0 Å². The van der Waals surface area contributed by atoms with Crippen LogP contribution in [0.5, 0.6) is 17.2 Å². The molecule has 0 atom stereocenters. The molecule has 3 aromatic carbocycles. The Balaban J connectivity index is 1.54. The van der Waals surface area contributed by atoms with Gasteiger partial charge in [-0.05, 0) is 48.5 Å². The molecule has 1 amide bonds. The summed E-state index contributed by atoms with van der Waals surface area (Å²) < 4.78 is 18.3. The highest BCUT2D eigenvalue weighted by atomic mass is 16.5. The number of carbonyl (C=O) groups is 1. The van der Waals surface area contributed by atoms with Gasteiger partial charge in [-0.15, -0.1) is 0 Å². The Hall–Kier alpha value is -4.00. The minimum Gasteiger partial charge on any atom is -0.497 e. The first-order valence-electron chi connectivity index (χ1n) is 9.86. The van der Waals surface area contributed by atoms with Crippen LogP contribution >= 0.6 is 0 Å². The van der Waals surface area contributed by atoms with Crippen LogP contribution in [0, 0.1) is 0 Å². The molecule has 31 heavy (non-hydrogen) atoms. The second kappa shape index (κ2) is 9.21. The number of hydrogen-bond acceptors (Lipinski definition) is 5. The molecule has 0 radical (unpaired) electrons. The maximum Gasteiger partial charge on any atom is 0.261 e. The van der Waals surface area contributed by atoms with E-state index >= 15 is 0 Å². The topological polar surface area (TPSA) is 74.6 Å². The fourth-order valence-electron chi connectivity index (χ4n) is 3.33. The van der Waals surface area contributed by atoms with Crippen molar-refractivity contribution in [3.8, 4) is 17.2 Å². The summed E-state index contributed by atoms with van der Waals surface area (Å²) in [6, 6.07) is 22.2. The number of hydrogen-bond donors (Lipinski definition) is 1. The monoisotopic (exact) mass is 417 g/mol.